The Morgan fingerprint density at radius 2 is 1.82 bits per heavy atom. The Balaban J connectivity index is 1.41. The van der Waals surface area contributed by atoms with Gasteiger partial charge in [0.1, 0.15) is 0 Å². The number of fused-ring (bicyclic) bond motifs is 1. The molecule has 28 heavy (non-hydrogen) atoms. The molecule has 0 spiro atoms. The molecular weight excluding hydrogens is 354 g/mol. The van der Waals surface area contributed by atoms with Crippen LogP contribution in [0.15, 0.2) is 30.3 Å². The molecular formula is C21H27N5O2. The molecule has 0 radical (unpaired) electrons. The van der Waals surface area contributed by atoms with Crippen LogP contribution in [0.1, 0.15) is 22.5 Å². The van der Waals surface area contributed by atoms with E-state index in [2.05, 4.69) is 17.1 Å². The van der Waals surface area contributed by atoms with Crippen LogP contribution in [0.2, 0.25) is 0 Å². The molecule has 2 aliphatic heterocycles. The SMILES string of the molecule is Cc1nc(N2CCOCC2)nc2c1CCN(C(=O)NCc1ccccc1)CC2. The maximum atomic E-state index is 12.6. The number of carbonyl (C=O) groups excluding carboxylic acids is 1. The zero-order valence-electron chi connectivity index (χ0n) is 16.4. The Morgan fingerprint density at radius 3 is 2.61 bits per heavy atom. The molecule has 0 aliphatic carbocycles. The number of ether oxygens (including phenoxy) is 1. The van der Waals surface area contributed by atoms with Crippen LogP contribution >= 0.6 is 0 Å². The summed E-state index contributed by atoms with van der Waals surface area (Å²) in [6.45, 7) is 7.04. The number of hydrogen-bond donors (Lipinski definition) is 1. The molecule has 2 amide bonds. The third-order valence-electron chi connectivity index (χ3n) is 5.41. The first-order valence-electron chi connectivity index (χ1n) is 9.96. The minimum Gasteiger partial charge on any atom is -0.378 e. The van der Waals surface area contributed by atoms with E-state index in [0.29, 0.717) is 19.6 Å². The van der Waals surface area contributed by atoms with Gasteiger partial charge in [-0.3, -0.25) is 0 Å². The summed E-state index contributed by atoms with van der Waals surface area (Å²) < 4.78 is 5.43. The first kappa shape index (κ1) is 18.7. The van der Waals surface area contributed by atoms with Crippen molar-refractivity contribution in [1.29, 1.82) is 0 Å². The van der Waals surface area contributed by atoms with Crippen molar-refractivity contribution in [2.45, 2.75) is 26.3 Å². The van der Waals surface area contributed by atoms with E-state index in [1.165, 1.54) is 5.56 Å². The fourth-order valence-corrected chi connectivity index (χ4v) is 3.76. The smallest absolute Gasteiger partial charge is 0.317 e. The lowest BCUT2D eigenvalue weighted by Gasteiger charge is -2.27. The van der Waals surface area contributed by atoms with E-state index in [-0.39, 0.29) is 6.03 Å². The summed E-state index contributed by atoms with van der Waals surface area (Å²) >= 11 is 0. The lowest BCUT2D eigenvalue weighted by molar-refractivity contribution is 0.122. The topological polar surface area (TPSA) is 70.6 Å². The van der Waals surface area contributed by atoms with E-state index in [1.807, 2.05) is 35.2 Å². The Labute approximate surface area is 165 Å². The van der Waals surface area contributed by atoms with Crippen molar-refractivity contribution in [1.82, 2.24) is 20.2 Å². The molecule has 0 unspecified atom stereocenters. The highest BCUT2D eigenvalue weighted by molar-refractivity contribution is 5.74. The maximum absolute atomic E-state index is 12.6. The average Bonchev–Trinajstić information content (AvgIpc) is 2.96. The van der Waals surface area contributed by atoms with Gasteiger partial charge in [0.05, 0.1) is 18.9 Å². The van der Waals surface area contributed by atoms with Gasteiger partial charge in [0.15, 0.2) is 0 Å². The fourth-order valence-electron chi connectivity index (χ4n) is 3.76. The Morgan fingerprint density at radius 1 is 1.07 bits per heavy atom. The van der Waals surface area contributed by atoms with Crippen LogP contribution in [0.5, 0.6) is 0 Å². The quantitative estimate of drug-likeness (QED) is 0.880. The Bertz CT molecular complexity index is 821. The van der Waals surface area contributed by atoms with Crippen LogP contribution < -0.4 is 10.2 Å². The number of amides is 2. The van der Waals surface area contributed by atoms with E-state index in [9.17, 15) is 4.79 Å². The number of benzene rings is 1. The maximum Gasteiger partial charge on any atom is 0.317 e. The van der Waals surface area contributed by atoms with Gasteiger partial charge in [0.2, 0.25) is 5.95 Å². The number of aryl methyl sites for hydroxylation is 1. The van der Waals surface area contributed by atoms with Crippen molar-refractivity contribution in [3.63, 3.8) is 0 Å². The van der Waals surface area contributed by atoms with Crippen molar-refractivity contribution < 1.29 is 9.53 Å². The van der Waals surface area contributed by atoms with Gasteiger partial charge in [-0.25, -0.2) is 14.8 Å². The summed E-state index contributed by atoms with van der Waals surface area (Å²) in [6.07, 6.45) is 1.55. The van der Waals surface area contributed by atoms with Crippen LogP contribution in [0, 0.1) is 6.92 Å². The van der Waals surface area contributed by atoms with Gasteiger partial charge >= 0.3 is 6.03 Å². The van der Waals surface area contributed by atoms with E-state index < -0.39 is 0 Å². The number of nitrogens with zero attached hydrogens (tertiary/aromatic N) is 4. The van der Waals surface area contributed by atoms with Crippen LogP contribution in [0.25, 0.3) is 0 Å². The highest BCUT2D eigenvalue weighted by Crippen LogP contribution is 2.21. The lowest BCUT2D eigenvalue weighted by Crippen LogP contribution is -2.41. The standard InChI is InChI=1S/C21H27N5O2/c1-16-18-7-9-26(21(27)22-15-17-5-3-2-4-6-17)10-8-19(18)24-20(23-16)25-11-13-28-14-12-25/h2-6H,7-15H2,1H3,(H,22,27). The first-order valence-corrected chi connectivity index (χ1v) is 9.96. The molecule has 1 aromatic carbocycles. The average molecular weight is 381 g/mol. The minimum atomic E-state index is -0.0179. The van der Waals surface area contributed by atoms with Crippen LogP contribution in [-0.2, 0) is 24.1 Å². The van der Waals surface area contributed by atoms with Gasteiger partial charge in [0, 0.05) is 44.8 Å². The Kier molecular flexibility index (Phi) is 5.71. The van der Waals surface area contributed by atoms with Crippen molar-refractivity contribution in [2.75, 3.05) is 44.3 Å². The summed E-state index contributed by atoms with van der Waals surface area (Å²) in [5.41, 5.74) is 4.39. The van der Waals surface area contributed by atoms with E-state index in [1.54, 1.807) is 0 Å². The van der Waals surface area contributed by atoms with Gasteiger partial charge in [-0.15, -0.1) is 0 Å². The molecule has 1 N–H and O–H groups in total. The molecule has 148 valence electrons. The summed E-state index contributed by atoms with van der Waals surface area (Å²) in [4.78, 5) is 26.3. The zero-order valence-corrected chi connectivity index (χ0v) is 16.4. The van der Waals surface area contributed by atoms with Gasteiger partial charge in [0.25, 0.3) is 0 Å². The number of rotatable bonds is 3. The summed E-state index contributed by atoms with van der Waals surface area (Å²) in [5, 5.41) is 3.03. The first-order chi connectivity index (χ1) is 13.7. The number of hydrogen-bond acceptors (Lipinski definition) is 5. The van der Waals surface area contributed by atoms with Crippen molar-refractivity contribution in [2.24, 2.45) is 0 Å². The van der Waals surface area contributed by atoms with Gasteiger partial charge in [-0.1, -0.05) is 30.3 Å². The second kappa shape index (κ2) is 8.56. The molecule has 0 saturated carbocycles. The highest BCUT2D eigenvalue weighted by atomic mass is 16.5. The van der Waals surface area contributed by atoms with Crippen LogP contribution in [0.3, 0.4) is 0 Å². The molecule has 2 aromatic rings. The fraction of sp³-hybridized carbons (Fsp3) is 0.476. The third-order valence-corrected chi connectivity index (χ3v) is 5.41. The van der Waals surface area contributed by atoms with E-state index in [0.717, 1.165) is 62.0 Å². The summed E-state index contributed by atoms with van der Waals surface area (Å²) in [7, 11) is 0. The predicted octanol–water partition coefficient (Wildman–Crippen LogP) is 1.93. The van der Waals surface area contributed by atoms with E-state index in [4.69, 9.17) is 14.7 Å². The monoisotopic (exact) mass is 381 g/mol. The number of nitrogens with one attached hydrogen (secondary N) is 1. The number of carbonyl (C=O) groups is 1. The summed E-state index contributed by atoms with van der Waals surface area (Å²) in [6, 6.07) is 9.96. The second-order valence-electron chi connectivity index (χ2n) is 7.27. The molecule has 7 nitrogen and oxygen atoms in total. The van der Waals surface area contributed by atoms with Crippen molar-refractivity contribution in [3.05, 3.63) is 52.8 Å². The molecule has 0 bridgehead atoms. The molecule has 3 heterocycles. The van der Waals surface area contributed by atoms with Crippen LogP contribution in [-0.4, -0.2) is 60.3 Å². The molecule has 1 fully saturated rings. The summed E-state index contributed by atoms with van der Waals surface area (Å²) in [5.74, 6) is 0.793. The van der Waals surface area contributed by atoms with Crippen molar-refractivity contribution in [3.8, 4) is 0 Å². The lowest BCUT2D eigenvalue weighted by atomic mass is 10.1. The van der Waals surface area contributed by atoms with Gasteiger partial charge in [-0.05, 0) is 24.5 Å². The molecule has 2 aliphatic rings. The number of aromatic nitrogens is 2. The normalized spacial score (nSPS) is 17.0. The van der Waals surface area contributed by atoms with Crippen LogP contribution in [0.4, 0.5) is 10.7 Å². The number of anilines is 1. The van der Waals surface area contributed by atoms with E-state index >= 15 is 0 Å². The zero-order chi connectivity index (χ0) is 19.3. The van der Waals surface area contributed by atoms with Crippen molar-refractivity contribution >= 4 is 12.0 Å². The molecule has 1 saturated heterocycles. The third kappa shape index (κ3) is 4.25. The largest absolute Gasteiger partial charge is 0.378 e. The Hall–Kier alpha value is -2.67. The molecule has 0 atom stereocenters. The number of urea groups is 1. The van der Waals surface area contributed by atoms with Gasteiger partial charge in [-0.2, -0.15) is 0 Å². The molecule has 4 rings (SSSR count). The minimum absolute atomic E-state index is 0.0179. The molecule has 1 aromatic heterocycles. The highest BCUT2D eigenvalue weighted by Gasteiger charge is 2.23. The molecule has 7 heteroatoms. The second-order valence-corrected chi connectivity index (χ2v) is 7.27. The van der Waals surface area contributed by atoms with Gasteiger partial charge < -0.3 is 19.9 Å². The predicted molar refractivity (Wildman–Crippen MR) is 107 cm³/mol. The number of morpholine rings is 1.